The average Bonchev–Trinajstić information content (AvgIpc) is 3.21. The fourth-order valence-corrected chi connectivity index (χ4v) is 4.47. The number of nitro benzene ring substituents is 1. The first-order valence-electron chi connectivity index (χ1n) is 8.21. The number of carbonyl (C=O) groups is 1. The van der Waals surface area contributed by atoms with Gasteiger partial charge in [0.1, 0.15) is 16.8 Å². The molecule has 11 heteroatoms. The van der Waals surface area contributed by atoms with Crippen LogP contribution < -0.4 is 5.32 Å². The summed E-state index contributed by atoms with van der Waals surface area (Å²) in [6.07, 6.45) is 1.65. The van der Waals surface area contributed by atoms with Crippen LogP contribution in [-0.4, -0.2) is 36.2 Å². The van der Waals surface area contributed by atoms with Gasteiger partial charge < -0.3 is 5.32 Å². The largest absolute Gasteiger partial charge is 0.320 e. The third-order valence-electron chi connectivity index (χ3n) is 4.25. The van der Waals surface area contributed by atoms with E-state index in [1.54, 1.807) is 34.2 Å². The normalized spacial score (nSPS) is 11.2. The summed E-state index contributed by atoms with van der Waals surface area (Å²) >= 11 is 2.80. The zero-order valence-electron chi connectivity index (χ0n) is 14.9. The maximum atomic E-state index is 12.3. The number of rotatable bonds is 5. The van der Waals surface area contributed by atoms with E-state index in [9.17, 15) is 14.9 Å². The monoisotopic (exact) mass is 414 g/mol. The summed E-state index contributed by atoms with van der Waals surface area (Å²) in [5.74, 6) is -0.334. The number of thiophene rings is 1. The third-order valence-corrected chi connectivity index (χ3v) is 6.31. The lowest BCUT2D eigenvalue weighted by molar-refractivity contribution is -0.383. The minimum atomic E-state index is -0.531. The van der Waals surface area contributed by atoms with E-state index in [-0.39, 0.29) is 23.0 Å². The van der Waals surface area contributed by atoms with Gasteiger partial charge >= 0.3 is 0 Å². The molecule has 3 aromatic heterocycles. The Bertz CT molecular complexity index is 1230. The quantitative estimate of drug-likeness (QED) is 0.301. The zero-order valence-corrected chi connectivity index (χ0v) is 16.5. The van der Waals surface area contributed by atoms with E-state index >= 15 is 0 Å². The summed E-state index contributed by atoms with van der Waals surface area (Å²) < 4.78 is 1.75. The lowest BCUT2D eigenvalue weighted by Gasteiger charge is -2.05. The number of aromatic nitrogens is 4. The van der Waals surface area contributed by atoms with E-state index in [4.69, 9.17) is 0 Å². The van der Waals surface area contributed by atoms with Crippen molar-refractivity contribution in [2.45, 2.75) is 19.0 Å². The highest BCUT2D eigenvalue weighted by atomic mass is 32.2. The maximum Gasteiger partial charge on any atom is 0.292 e. The number of fused-ring (bicyclic) bond motifs is 3. The highest BCUT2D eigenvalue weighted by molar-refractivity contribution is 7.99. The van der Waals surface area contributed by atoms with Crippen LogP contribution in [0.2, 0.25) is 0 Å². The Hall–Kier alpha value is -3.05. The lowest BCUT2D eigenvalue weighted by Crippen LogP contribution is -2.15. The van der Waals surface area contributed by atoms with Crippen LogP contribution in [0.5, 0.6) is 0 Å². The second-order valence-electron chi connectivity index (χ2n) is 6.00. The number of nitrogens with zero attached hydrogens (tertiary/aromatic N) is 5. The van der Waals surface area contributed by atoms with Crippen LogP contribution in [0, 0.1) is 24.0 Å². The maximum absolute atomic E-state index is 12.3. The number of nitrogens with one attached hydrogen (secondary N) is 1. The topological polar surface area (TPSA) is 115 Å². The van der Waals surface area contributed by atoms with E-state index in [0.29, 0.717) is 10.8 Å². The first-order valence-corrected chi connectivity index (χ1v) is 10.0. The number of hydrogen-bond donors (Lipinski definition) is 1. The number of nitro groups is 1. The van der Waals surface area contributed by atoms with E-state index in [2.05, 4.69) is 20.5 Å². The van der Waals surface area contributed by atoms with E-state index in [1.807, 2.05) is 13.8 Å². The summed E-state index contributed by atoms with van der Waals surface area (Å²) in [6.45, 7) is 4.06. The molecule has 3 heterocycles. The molecule has 0 aliphatic rings. The minimum absolute atomic E-state index is 0.0343. The summed E-state index contributed by atoms with van der Waals surface area (Å²) in [5, 5.41) is 23.6. The van der Waals surface area contributed by atoms with Gasteiger partial charge in [0.25, 0.3) is 5.69 Å². The molecule has 0 atom stereocenters. The standard InChI is InChI=1S/C17H14N6O3S2/c1-9-10(2)28-16-14(9)15-20-21-17(22(15)8-18-16)27-7-13(24)19-11-5-3-4-6-12(11)23(25)26/h3-6,8H,7H2,1-2H3,(H,19,24). The SMILES string of the molecule is Cc1sc2ncn3c(SCC(=O)Nc4ccccc4[N+](=O)[O-])nnc3c2c1C. The fourth-order valence-electron chi connectivity index (χ4n) is 2.78. The van der Waals surface area contributed by atoms with Crippen molar-refractivity contribution in [3.8, 4) is 0 Å². The molecule has 9 nitrogen and oxygen atoms in total. The summed E-state index contributed by atoms with van der Waals surface area (Å²) in [5.41, 5.74) is 1.84. The van der Waals surface area contributed by atoms with Crippen molar-refractivity contribution in [3.05, 3.63) is 51.1 Å². The summed E-state index contributed by atoms with van der Waals surface area (Å²) in [7, 11) is 0. The molecule has 1 amide bonds. The molecule has 4 aromatic rings. The Balaban J connectivity index is 1.54. The number of amides is 1. The Morgan fingerprint density at radius 1 is 1.32 bits per heavy atom. The predicted molar refractivity (Wildman–Crippen MR) is 108 cm³/mol. The number of thioether (sulfide) groups is 1. The van der Waals surface area contributed by atoms with Gasteiger partial charge in [-0.15, -0.1) is 21.5 Å². The van der Waals surface area contributed by atoms with E-state index in [0.717, 1.165) is 15.8 Å². The molecule has 0 bridgehead atoms. The van der Waals surface area contributed by atoms with E-state index < -0.39 is 4.92 Å². The molecule has 4 rings (SSSR count). The van der Waals surface area contributed by atoms with E-state index in [1.165, 1.54) is 28.8 Å². The minimum Gasteiger partial charge on any atom is -0.320 e. The predicted octanol–water partition coefficient (Wildman–Crippen LogP) is 3.59. The van der Waals surface area contributed by atoms with Crippen LogP contribution in [0.25, 0.3) is 15.9 Å². The number of benzene rings is 1. The molecular formula is C17H14N6O3S2. The Labute approximate surface area is 167 Å². The van der Waals surface area contributed by atoms with Crippen molar-refractivity contribution < 1.29 is 9.72 Å². The molecule has 0 aliphatic carbocycles. The summed E-state index contributed by atoms with van der Waals surface area (Å²) in [4.78, 5) is 29.3. The average molecular weight is 414 g/mol. The first-order chi connectivity index (χ1) is 13.5. The fraction of sp³-hybridized carbons (Fsp3) is 0.176. The van der Waals surface area contributed by atoms with Gasteiger partial charge in [-0.05, 0) is 25.5 Å². The van der Waals surface area contributed by atoms with Crippen LogP contribution >= 0.6 is 23.1 Å². The highest BCUT2D eigenvalue weighted by Gasteiger charge is 2.18. The number of hydrogen-bond acceptors (Lipinski definition) is 8. The number of para-hydroxylation sites is 2. The van der Waals surface area contributed by atoms with Crippen molar-refractivity contribution in [2.75, 3.05) is 11.1 Å². The molecular weight excluding hydrogens is 400 g/mol. The second-order valence-corrected chi connectivity index (χ2v) is 8.14. The number of aryl methyl sites for hydroxylation is 2. The van der Waals surface area contributed by atoms with Gasteiger partial charge in [0.2, 0.25) is 5.91 Å². The Morgan fingerprint density at radius 2 is 2.11 bits per heavy atom. The highest BCUT2D eigenvalue weighted by Crippen LogP contribution is 2.32. The van der Waals surface area contributed by atoms with Crippen molar-refractivity contribution in [1.29, 1.82) is 0 Å². The van der Waals surface area contributed by atoms with Gasteiger partial charge in [0.05, 0.1) is 16.1 Å². The Morgan fingerprint density at radius 3 is 2.89 bits per heavy atom. The van der Waals surface area contributed by atoms with Crippen LogP contribution in [0.3, 0.4) is 0 Å². The van der Waals surface area contributed by atoms with Gasteiger partial charge in [-0.1, -0.05) is 23.9 Å². The molecule has 0 fully saturated rings. The Kier molecular flexibility index (Phi) is 4.69. The third kappa shape index (κ3) is 3.18. The number of anilines is 1. The lowest BCUT2D eigenvalue weighted by atomic mass is 10.2. The molecule has 0 saturated heterocycles. The molecule has 1 aromatic carbocycles. The molecule has 142 valence electrons. The molecule has 28 heavy (non-hydrogen) atoms. The molecule has 1 N–H and O–H groups in total. The molecule has 0 unspecified atom stereocenters. The van der Waals surface area contributed by atoms with Gasteiger partial charge in [0.15, 0.2) is 10.8 Å². The van der Waals surface area contributed by atoms with Crippen molar-refractivity contribution in [3.63, 3.8) is 0 Å². The van der Waals surface area contributed by atoms with Crippen molar-refractivity contribution in [1.82, 2.24) is 19.6 Å². The first kappa shape index (κ1) is 18.3. The zero-order chi connectivity index (χ0) is 19.8. The van der Waals surface area contributed by atoms with Gasteiger partial charge in [0, 0.05) is 10.9 Å². The van der Waals surface area contributed by atoms with Crippen LogP contribution in [-0.2, 0) is 4.79 Å². The molecule has 0 aliphatic heterocycles. The number of carbonyl (C=O) groups excluding carboxylic acids is 1. The second kappa shape index (κ2) is 7.17. The van der Waals surface area contributed by atoms with Crippen LogP contribution in [0.15, 0.2) is 35.7 Å². The van der Waals surface area contributed by atoms with Crippen molar-refractivity contribution >= 4 is 56.2 Å². The van der Waals surface area contributed by atoms with Gasteiger partial charge in [-0.2, -0.15) is 0 Å². The van der Waals surface area contributed by atoms with Gasteiger partial charge in [-0.3, -0.25) is 19.3 Å². The molecule has 0 radical (unpaired) electrons. The van der Waals surface area contributed by atoms with Crippen LogP contribution in [0.1, 0.15) is 10.4 Å². The van der Waals surface area contributed by atoms with Crippen LogP contribution in [0.4, 0.5) is 11.4 Å². The molecule has 0 saturated carbocycles. The smallest absolute Gasteiger partial charge is 0.292 e. The summed E-state index contributed by atoms with van der Waals surface area (Å²) in [6, 6.07) is 6.02. The molecule has 0 spiro atoms. The van der Waals surface area contributed by atoms with Crippen molar-refractivity contribution in [2.24, 2.45) is 0 Å². The van der Waals surface area contributed by atoms with Gasteiger partial charge in [-0.25, -0.2) is 4.98 Å².